The number of fused-ring (bicyclic) bond motifs is 4. The molecule has 0 unspecified atom stereocenters. The predicted octanol–water partition coefficient (Wildman–Crippen LogP) is 25.1. The Bertz CT molecular complexity index is 4660. The summed E-state index contributed by atoms with van der Waals surface area (Å²) in [4.78, 5) is 57.0. The van der Waals surface area contributed by atoms with Gasteiger partial charge in [-0.2, -0.15) is 0 Å². The van der Waals surface area contributed by atoms with Gasteiger partial charge in [-0.15, -0.1) is 0 Å². The fourth-order valence-corrected chi connectivity index (χ4v) is 49.2. The lowest BCUT2D eigenvalue weighted by Crippen LogP contribution is -2.52. The normalized spacial score (nSPS) is 13.1. The van der Waals surface area contributed by atoms with E-state index in [0.717, 1.165) is 115 Å². The molecule has 0 aromatic heterocycles. The summed E-state index contributed by atoms with van der Waals surface area (Å²) in [5.41, 5.74) is 16.3. The molecule has 646 valence electrons. The summed E-state index contributed by atoms with van der Waals surface area (Å²) in [6.45, 7) is 71.9. The highest BCUT2D eigenvalue weighted by molar-refractivity contribution is 6.88. The van der Waals surface area contributed by atoms with Crippen molar-refractivity contribution in [2.75, 3.05) is 47.7 Å². The third-order valence-corrected chi connectivity index (χ3v) is 46.7. The Morgan fingerprint density at radius 3 is 0.717 bits per heavy atom. The zero-order valence-electron chi connectivity index (χ0n) is 77.1. The average Bonchev–Trinajstić information content (AvgIpc) is 0.740. The zero-order chi connectivity index (χ0) is 89.2. The molecule has 8 aromatic carbocycles. The fourth-order valence-electron chi connectivity index (χ4n) is 15.6. The van der Waals surface area contributed by atoms with Crippen molar-refractivity contribution < 1.29 is 62.8 Å². The van der Waals surface area contributed by atoms with E-state index >= 15 is 0 Å². The van der Waals surface area contributed by atoms with E-state index in [1.54, 1.807) is 60.7 Å². The zero-order valence-corrected chi connectivity index (χ0v) is 86.2. The van der Waals surface area contributed by atoms with Crippen molar-refractivity contribution in [2.24, 2.45) is 0 Å². The Kier molecular flexibility index (Phi) is 32.6. The standard InChI is InChI=1S/C50H78N2O8Si6.C36H34N2O4.C7H22O2Si3/c1-35-31-39(55-27-21-29-65(17,57-61(5,6)7)58-62(8,9)10)32-36(2)47(35)51-43-25-26-44(46-45(43)49(53)41-23-19-20-24-42(41)50(46)54)52-48-37(3)33-40(34-38(48)4)56-28-22-30-66(18,59-63(11,12)13)60-64(14,15)16;1-7-15-41-25-17-21(3)33(22(4)18-25)37-29-13-14-30(38-34-23(5)19-26(20-24(34)6)42-16-8-2)32-31(29)35(39)27-11-9-10-12-28(27)36(32)40;1-10(8-11(2,3)4)9-12(5,6)7/h19-20,23-26,31-34,51-52H,21-22,27-30H2,1-18H3;7-14,17-20,37-38H,1-2,15-16H2,3-6H3;10H,1-7H3. The van der Waals surface area contributed by atoms with E-state index in [4.69, 9.17) is 43.6 Å². The van der Waals surface area contributed by atoms with Crippen LogP contribution in [0.25, 0.3) is 0 Å². The topological polar surface area (TPSA) is 209 Å². The Hall–Kier alpha value is -7.97. The Balaban J connectivity index is 0.000000281. The van der Waals surface area contributed by atoms with Crippen LogP contribution in [0, 0.1) is 55.4 Å². The predicted molar refractivity (Wildman–Crippen MR) is 520 cm³/mol. The van der Waals surface area contributed by atoms with Crippen molar-refractivity contribution in [3.8, 4) is 23.0 Å². The molecule has 18 nitrogen and oxygen atoms in total. The average molecular weight is 1780 g/mol. The van der Waals surface area contributed by atoms with Gasteiger partial charge >= 0.3 is 17.1 Å². The number of rotatable bonds is 36. The molecule has 120 heavy (non-hydrogen) atoms. The van der Waals surface area contributed by atoms with E-state index in [0.29, 0.717) is 93.7 Å². The van der Waals surface area contributed by atoms with Crippen molar-refractivity contribution in [1.29, 1.82) is 0 Å². The lowest BCUT2D eigenvalue weighted by atomic mass is 9.82. The van der Waals surface area contributed by atoms with Gasteiger partial charge in [0.05, 0.1) is 58.2 Å². The van der Waals surface area contributed by atoms with Crippen LogP contribution in [0.1, 0.15) is 121 Å². The minimum atomic E-state index is -2.36. The monoisotopic (exact) mass is 1780 g/mol. The SMILES string of the molecule is C=CCOc1cc(C)c(Nc2ccc(Nc3c(C)cc(OCC=C)cc3C)c3c2C(=O)c2ccccc2C3=O)c(C)c1.C[SiH](O[Si](C)(C)C)O[Si](C)(C)C.Cc1cc(OCCC[Si](C)(O[Si](C)(C)C)O[Si](C)(C)C)cc(C)c1Nc1ccc(Nc2c(C)cc(OCCC[Si](C)(O[Si](C)(C)C)O[Si](C)(C)C)cc2C)c2c1C(=O)c1ccccc1C2=O. The number of ketones is 4. The first kappa shape index (κ1) is 97.5. The molecule has 0 aliphatic heterocycles. The van der Waals surface area contributed by atoms with Gasteiger partial charge in [0, 0.05) is 45.0 Å². The van der Waals surface area contributed by atoms with Crippen LogP contribution in [0.3, 0.4) is 0 Å². The highest BCUT2D eigenvalue weighted by atomic mass is 28.5. The molecule has 0 radical (unpaired) electrons. The molecule has 0 spiro atoms. The lowest BCUT2D eigenvalue weighted by Gasteiger charge is -2.38. The van der Waals surface area contributed by atoms with Crippen LogP contribution in [0.5, 0.6) is 23.0 Å². The molecule has 0 saturated heterocycles. The van der Waals surface area contributed by atoms with Gasteiger partial charge in [0.25, 0.3) is 9.28 Å². The number of hydrogen-bond donors (Lipinski definition) is 4. The highest BCUT2D eigenvalue weighted by Crippen LogP contribution is 2.45. The first-order valence-electron chi connectivity index (χ1n) is 41.8. The summed E-state index contributed by atoms with van der Waals surface area (Å²) in [6.07, 6.45) is 5.07. The van der Waals surface area contributed by atoms with Crippen LogP contribution in [-0.4, -0.2) is 126 Å². The maximum absolute atomic E-state index is 14.5. The maximum Gasteiger partial charge on any atom is 0.314 e. The largest absolute Gasteiger partial charge is 0.494 e. The first-order valence-corrected chi connectivity index (χ1v) is 69.4. The summed E-state index contributed by atoms with van der Waals surface area (Å²) in [5, 5.41) is 14.1. The maximum atomic E-state index is 14.5. The number of carbonyl (C=O) groups excluding carboxylic acids is 4. The number of carbonyl (C=O) groups is 4. The molecule has 0 fully saturated rings. The summed E-state index contributed by atoms with van der Waals surface area (Å²) < 4.78 is 62.8. The molecular formula is C93H134N4O14Si9. The minimum absolute atomic E-state index is 0.199. The van der Waals surface area contributed by atoms with Gasteiger partial charge in [0.1, 0.15) is 36.2 Å². The van der Waals surface area contributed by atoms with E-state index in [1.807, 2.05) is 128 Å². The molecule has 10 rings (SSSR count). The van der Waals surface area contributed by atoms with Gasteiger partial charge in [0.15, 0.2) is 73.0 Å². The molecule has 27 heteroatoms. The van der Waals surface area contributed by atoms with Crippen LogP contribution >= 0.6 is 0 Å². The molecule has 0 atom stereocenters. The molecule has 2 aliphatic carbocycles. The van der Waals surface area contributed by atoms with E-state index in [1.165, 1.54) is 0 Å². The molecule has 0 saturated carbocycles. The van der Waals surface area contributed by atoms with Crippen molar-refractivity contribution in [1.82, 2.24) is 0 Å². The van der Waals surface area contributed by atoms with Gasteiger partial charge in [-0.3, -0.25) is 19.2 Å². The van der Waals surface area contributed by atoms with Crippen molar-refractivity contribution in [2.45, 2.75) is 218 Å². The number of aryl methyl sites for hydroxylation is 8. The van der Waals surface area contributed by atoms with Crippen LogP contribution in [0.2, 0.25) is 150 Å². The molecule has 0 heterocycles. The summed E-state index contributed by atoms with van der Waals surface area (Å²) in [7, 11) is -15.9. The minimum Gasteiger partial charge on any atom is -0.494 e. The second-order valence-electron chi connectivity index (χ2n) is 37.7. The molecule has 4 N–H and O–H groups in total. The highest BCUT2D eigenvalue weighted by Gasteiger charge is 2.43. The third-order valence-electron chi connectivity index (χ3n) is 19.2. The van der Waals surface area contributed by atoms with Crippen molar-refractivity contribution in [3.05, 3.63) is 236 Å². The Labute approximate surface area is 726 Å². The summed E-state index contributed by atoms with van der Waals surface area (Å²) in [6, 6.07) is 39.2. The molecule has 0 bridgehead atoms. The van der Waals surface area contributed by atoms with Gasteiger partial charge in [-0.25, -0.2) is 0 Å². The van der Waals surface area contributed by atoms with Crippen LogP contribution in [0.15, 0.2) is 147 Å². The number of anilines is 8. The van der Waals surface area contributed by atoms with E-state index in [9.17, 15) is 19.2 Å². The third kappa shape index (κ3) is 27.5. The lowest BCUT2D eigenvalue weighted by molar-refractivity contribution is 0.0980. The molecule has 2 aliphatic rings. The molecule has 8 aromatic rings. The Morgan fingerprint density at radius 1 is 0.317 bits per heavy atom. The van der Waals surface area contributed by atoms with E-state index in [2.05, 4.69) is 172 Å². The van der Waals surface area contributed by atoms with Crippen molar-refractivity contribution >= 4 is 145 Å². The van der Waals surface area contributed by atoms with Gasteiger partial charge in [-0.1, -0.05) is 73.8 Å². The van der Waals surface area contributed by atoms with E-state index in [-0.39, 0.29) is 23.1 Å². The van der Waals surface area contributed by atoms with Crippen LogP contribution < -0.4 is 40.2 Å². The quantitative estimate of drug-likeness (QED) is 0.0163. The summed E-state index contributed by atoms with van der Waals surface area (Å²) >= 11 is 0. The van der Waals surface area contributed by atoms with Gasteiger partial charge in [-0.05, 0) is 335 Å². The van der Waals surface area contributed by atoms with Gasteiger partial charge in [0.2, 0.25) is 0 Å². The number of ether oxygens (including phenoxy) is 4. The van der Waals surface area contributed by atoms with Crippen LogP contribution in [-0.2, 0) is 24.7 Å². The smallest absolute Gasteiger partial charge is 0.314 e. The van der Waals surface area contributed by atoms with Crippen LogP contribution in [0.4, 0.5) is 45.5 Å². The Morgan fingerprint density at radius 2 is 0.525 bits per heavy atom. The fraction of sp³-hybridized carbons (Fsp3) is 0.398. The molecule has 0 amide bonds. The first-order chi connectivity index (χ1) is 55.7. The second kappa shape index (κ2) is 40.1. The van der Waals surface area contributed by atoms with Gasteiger partial charge < -0.3 is 64.9 Å². The van der Waals surface area contributed by atoms with E-state index < -0.39 is 76.3 Å². The number of hydrogen-bond acceptors (Lipinski definition) is 18. The van der Waals surface area contributed by atoms with Crippen molar-refractivity contribution in [3.63, 3.8) is 0 Å². The second-order valence-corrected chi connectivity index (χ2v) is 74.9. The number of nitrogens with one attached hydrogen (secondary N) is 4. The molecular weight excluding hydrogens is 1650 g/mol. The number of benzene rings is 8. The summed E-state index contributed by atoms with van der Waals surface area (Å²) in [5.74, 6) is 2.24.